The number of ether oxygens (including phenoxy) is 2. The second kappa shape index (κ2) is 6.05. The van der Waals surface area contributed by atoms with Gasteiger partial charge in [0, 0.05) is 24.2 Å². The number of benzene rings is 1. The number of aryl methyl sites for hydroxylation is 1. The Morgan fingerprint density at radius 1 is 1.40 bits per heavy atom. The molecule has 3 rings (SSSR count). The normalized spacial score (nSPS) is 20.6. The molecule has 7 heteroatoms. The highest BCUT2D eigenvalue weighted by atomic mass is 19.4. The number of aromatic nitrogens is 1. The third-order valence-corrected chi connectivity index (χ3v) is 4.53. The number of aromatic amines is 1. The average molecular weight is 355 g/mol. The van der Waals surface area contributed by atoms with Crippen molar-refractivity contribution in [2.45, 2.75) is 52.0 Å². The van der Waals surface area contributed by atoms with Crippen LogP contribution in [0.15, 0.2) is 12.1 Å². The lowest BCUT2D eigenvalue weighted by Gasteiger charge is -2.36. The van der Waals surface area contributed by atoms with Gasteiger partial charge in [-0.25, -0.2) is 0 Å². The highest BCUT2D eigenvalue weighted by Gasteiger charge is 2.45. The number of esters is 1. The molecule has 1 N–H and O–H groups in total. The largest absolute Gasteiger partial charge is 0.427 e. The van der Waals surface area contributed by atoms with E-state index in [1.807, 2.05) is 6.92 Å². The summed E-state index contributed by atoms with van der Waals surface area (Å²) in [6, 6.07) is 2.55. The molecule has 0 bridgehead atoms. The van der Waals surface area contributed by atoms with Gasteiger partial charge >= 0.3 is 12.1 Å². The van der Waals surface area contributed by atoms with Crippen LogP contribution in [-0.4, -0.2) is 17.6 Å². The highest BCUT2D eigenvalue weighted by Crippen LogP contribution is 2.45. The molecule has 0 saturated carbocycles. The van der Waals surface area contributed by atoms with Crippen LogP contribution >= 0.6 is 0 Å². The topological polar surface area (TPSA) is 51.3 Å². The number of carbonyl (C=O) groups excluding carboxylic acids is 1. The maximum atomic E-state index is 13.5. The van der Waals surface area contributed by atoms with Crippen LogP contribution in [0.4, 0.5) is 13.2 Å². The number of nitrogens with one attached hydrogen (secondary N) is 1. The predicted octanol–water partition coefficient (Wildman–Crippen LogP) is 4.58. The van der Waals surface area contributed by atoms with Crippen LogP contribution in [0.5, 0.6) is 0 Å². The summed E-state index contributed by atoms with van der Waals surface area (Å²) in [7, 11) is 0. The van der Waals surface area contributed by atoms with Crippen LogP contribution in [-0.2, 0) is 32.7 Å². The van der Waals surface area contributed by atoms with Crippen LogP contribution < -0.4 is 0 Å². The molecule has 0 amide bonds. The molecule has 0 fully saturated rings. The minimum Gasteiger partial charge on any atom is -0.427 e. The Morgan fingerprint density at radius 2 is 2.12 bits per heavy atom. The van der Waals surface area contributed by atoms with Gasteiger partial charge in [-0.15, -0.1) is 0 Å². The van der Waals surface area contributed by atoms with E-state index >= 15 is 0 Å². The van der Waals surface area contributed by atoms with E-state index in [9.17, 15) is 18.0 Å². The minimum absolute atomic E-state index is 0.151. The first-order valence-corrected chi connectivity index (χ1v) is 8.25. The SMILES string of the molecule is CCCC1(OC(C)=O)OCCc2c1[nH]c1c(C)ccc(C(F)(F)F)c21. The number of rotatable bonds is 3. The maximum Gasteiger partial charge on any atom is 0.417 e. The molecule has 136 valence electrons. The van der Waals surface area contributed by atoms with Crippen molar-refractivity contribution in [1.29, 1.82) is 0 Å². The first-order chi connectivity index (χ1) is 11.7. The van der Waals surface area contributed by atoms with Gasteiger partial charge in [-0.05, 0) is 37.0 Å². The van der Waals surface area contributed by atoms with Crippen molar-refractivity contribution < 1.29 is 27.4 Å². The maximum absolute atomic E-state index is 13.5. The molecule has 1 aromatic heterocycles. The second-order valence-electron chi connectivity index (χ2n) is 6.35. The molecule has 0 spiro atoms. The lowest BCUT2D eigenvalue weighted by Crippen LogP contribution is -2.39. The van der Waals surface area contributed by atoms with Crippen LogP contribution in [0, 0.1) is 6.92 Å². The van der Waals surface area contributed by atoms with E-state index in [1.165, 1.54) is 13.0 Å². The lowest BCUT2D eigenvalue weighted by molar-refractivity contribution is -0.247. The van der Waals surface area contributed by atoms with E-state index in [-0.39, 0.29) is 12.0 Å². The van der Waals surface area contributed by atoms with Crippen molar-refractivity contribution in [2.75, 3.05) is 6.61 Å². The van der Waals surface area contributed by atoms with Crippen molar-refractivity contribution in [1.82, 2.24) is 4.98 Å². The fraction of sp³-hybridized carbons (Fsp3) is 0.500. The number of H-pyrrole nitrogens is 1. The van der Waals surface area contributed by atoms with Crippen molar-refractivity contribution >= 4 is 16.9 Å². The van der Waals surface area contributed by atoms with Crippen LogP contribution in [0.3, 0.4) is 0 Å². The Bertz CT molecular complexity index is 825. The molecule has 1 unspecified atom stereocenters. The summed E-state index contributed by atoms with van der Waals surface area (Å²) in [5.74, 6) is -1.89. The van der Waals surface area contributed by atoms with E-state index in [0.717, 1.165) is 6.07 Å². The third kappa shape index (κ3) is 2.90. The molecule has 2 aromatic rings. The summed E-state index contributed by atoms with van der Waals surface area (Å²) in [5, 5.41) is 0.151. The minimum atomic E-state index is -4.46. The summed E-state index contributed by atoms with van der Waals surface area (Å²) in [6.45, 7) is 5.11. The Kier molecular flexibility index (Phi) is 4.31. The van der Waals surface area contributed by atoms with E-state index in [2.05, 4.69) is 4.98 Å². The van der Waals surface area contributed by atoms with Gasteiger partial charge in [-0.3, -0.25) is 4.79 Å². The van der Waals surface area contributed by atoms with Gasteiger partial charge in [0.1, 0.15) is 0 Å². The number of carbonyl (C=O) groups is 1. The zero-order valence-electron chi connectivity index (χ0n) is 14.3. The fourth-order valence-electron chi connectivity index (χ4n) is 3.60. The van der Waals surface area contributed by atoms with Crippen LogP contribution in [0.2, 0.25) is 0 Å². The second-order valence-corrected chi connectivity index (χ2v) is 6.35. The Labute approximate surface area is 143 Å². The van der Waals surface area contributed by atoms with Gasteiger partial charge in [0.2, 0.25) is 0 Å². The van der Waals surface area contributed by atoms with Crippen LogP contribution in [0.25, 0.3) is 10.9 Å². The standard InChI is InChI=1S/C18H20F3NO3/c1-4-8-17(25-11(3)23)16-12(7-9-24-17)14-13(18(19,20)21)6-5-10(2)15(14)22-16/h5-6,22H,4,7-9H2,1-3H3. The van der Waals surface area contributed by atoms with Crippen LogP contribution in [0.1, 0.15) is 49.1 Å². The van der Waals surface area contributed by atoms with E-state index in [1.54, 1.807) is 6.92 Å². The number of hydrogen-bond acceptors (Lipinski definition) is 3. The van der Waals surface area contributed by atoms with Gasteiger partial charge < -0.3 is 14.5 Å². The summed E-state index contributed by atoms with van der Waals surface area (Å²) >= 11 is 0. The van der Waals surface area contributed by atoms with Gasteiger partial charge in [-0.2, -0.15) is 13.2 Å². The molecule has 0 radical (unpaired) electrons. The molecule has 4 nitrogen and oxygen atoms in total. The van der Waals surface area contributed by atoms with Gasteiger partial charge in [0.15, 0.2) is 0 Å². The number of alkyl halides is 3. The molecule has 25 heavy (non-hydrogen) atoms. The first-order valence-electron chi connectivity index (χ1n) is 8.25. The third-order valence-electron chi connectivity index (χ3n) is 4.53. The van der Waals surface area contributed by atoms with E-state index < -0.39 is 23.5 Å². The summed E-state index contributed by atoms with van der Waals surface area (Å²) < 4.78 is 51.8. The average Bonchev–Trinajstić information content (AvgIpc) is 2.88. The van der Waals surface area contributed by atoms with Crippen molar-refractivity contribution in [3.05, 3.63) is 34.5 Å². The number of fused-ring (bicyclic) bond motifs is 3. The molecular formula is C18H20F3NO3. The molecular weight excluding hydrogens is 335 g/mol. The summed E-state index contributed by atoms with van der Waals surface area (Å²) in [5.41, 5.74) is 1.38. The Balaban J connectivity index is 2.33. The zero-order chi connectivity index (χ0) is 18.4. The zero-order valence-corrected chi connectivity index (χ0v) is 14.3. The quantitative estimate of drug-likeness (QED) is 0.820. The summed E-state index contributed by atoms with van der Waals surface area (Å²) in [4.78, 5) is 14.7. The Hall–Kier alpha value is -2.02. The smallest absolute Gasteiger partial charge is 0.417 e. The number of halogens is 3. The molecule has 1 atom stereocenters. The van der Waals surface area contributed by atoms with E-state index in [4.69, 9.17) is 9.47 Å². The van der Waals surface area contributed by atoms with Crippen molar-refractivity contribution in [2.24, 2.45) is 0 Å². The van der Waals surface area contributed by atoms with Gasteiger partial charge in [0.05, 0.1) is 17.9 Å². The first kappa shape index (κ1) is 17.8. The molecule has 1 aliphatic heterocycles. The molecule has 1 aliphatic rings. The summed E-state index contributed by atoms with van der Waals surface area (Å²) in [6.07, 6.45) is -3.12. The Morgan fingerprint density at radius 3 is 2.72 bits per heavy atom. The van der Waals surface area contributed by atoms with Gasteiger partial charge in [-0.1, -0.05) is 13.0 Å². The molecule has 2 heterocycles. The molecule has 0 saturated heterocycles. The van der Waals surface area contributed by atoms with Crippen molar-refractivity contribution in [3.63, 3.8) is 0 Å². The lowest BCUT2D eigenvalue weighted by atomic mass is 9.94. The predicted molar refractivity (Wildman–Crippen MR) is 86.0 cm³/mol. The fourth-order valence-corrected chi connectivity index (χ4v) is 3.60. The highest BCUT2D eigenvalue weighted by molar-refractivity contribution is 5.91. The monoisotopic (exact) mass is 355 g/mol. The molecule has 1 aromatic carbocycles. The van der Waals surface area contributed by atoms with Crippen molar-refractivity contribution in [3.8, 4) is 0 Å². The molecule has 0 aliphatic carbocycles. The van der Waals surface area contributed by atoms with E-state index in [0.29, 0.717) is 41.6 Å². The number of hydrogen-bond donors (Lipinski definition) is 1. The van der Waals surface area contributed by atoms with Gasteiger partial charge in [0.25, 0.3) is 5.79 Å².